The molecule has 0 unspecified atom stereocenters. The summed E-state index contributed by atoms with van der Waals surface area (Å²) in [6.07, 6.45) is 4.70. The lowest BCUT2D eigenvalue weighted by Crippen LogP contribution is -2.38. The van der Waals surface area contributed by atoms with Crippen LogP contribution in [-0.4, -0.2) is 52.4 Å². The number of hydrogen-bond acceptors (Lipinski definition) is 4. The summed E-state index contributed by atoms with van der Waals surface area (Å²) in [5, 5.41) is 20.1. The second-order valence-electron chi connectivity index (χ2n) is 8.38. The number of H-pyrrole nitrogens is 1. The van der Waals surface area contributed by atoms with Gasteiger partial charge in [0.25, 0.3) is 0 Å². The topological polar surface area (TPSA) is 78.4 Å². The van der Waals surface area contributed by atoms with Gasteiger partial charge in [-0.05, 0) is 49.7 Å². The summed E-state index contributed by atoms with van der Waals surface area (Å²) >= 11 is 6.28. The van der Waals surface area contributed by atoms with Gasteiger partial charge in [0.1, 0.15) is 0 Å². The third-order valence-corrected chi connectivity index (χ3v) is 6.89. The molecule has 1 saturated carbocycles. The molecule has 1 aromatic heterocycles. The van der Waals surface area contributed by atoms with E-state index in [9.17, 15) is 9.90 Å². The summed E-state index contributed by atoms with van der Waals surface area (Å²) in [5.74, 6) is 1.04. The summed E-state index contributed by atoms with van der Waals surface area (Å²) in [4.78, 5) is 14.8. The minimum Gasteiger partial charge on any atom is -0.385 e. The average Bonchev–Trinajstić information content (AvgIpc) is 3.34. The third-order valence-electron chi connectivity index (χ3n) is 6.67. The minimum absolute atomic E-state index is 0.106. The number of hydrogen-bond donors (Lipinski definition) is 2. The molecule has 1 aromatic carbocycles. The first-order valence-corrected chi connectivity index (χ1v) is 10.1. The van der Waals surface area contributed by atoms with E-state index in [4.69, 9.17) is 16.3 Å². The largest absolute Gasteiger partial charge is 0.385 e. The van der Waals surface area contributed by atoms with Gasteiger partial charge in [-0.3, -0.25) is 9.89 Å². The predicted molar refractivity (Wildman–Crippen MR) is 101 cm³/mol. The number of aromatic nitrogens is 2. The number of likely N-dealkylation sites (tertiary alicyclic amines) is 1. The highest BCUT2D eigenvalue weighted by Gasteiger charge is 2.51. The monoisotopic (exact) mass is 389 g/mol. The molecule has 2 aliphatic heterocycles. The van der Waals surface area contributed by atoms with Crippen LogP contribution in [0.15, 0.2) is 18.3 Å². The second-order valence-corrected chi connectivity index (χ2v) is 8.81. The summed E-state index contributed by atoms with van der Waals surface area (Å²) < 4.78 is 5.38. The highest BCUT2D eigenvalue weighted by atomic mass is 35.5. The molecule has 0 radical (unpaired) electrons. The van der Waals surface area contributed by atoms with Crippen LogP contribution in [0.4, 0.5) is 0 Å². The summed E-state index contributed by atoms with van der Waals surface area (Å²) in [7, 11) is 0. The zero-order valence-electron chi connectivity index (χ0n) is 15.2. The number of nitrogens with zero attached hydrogens (tertiary/aromatic N) is 2. The molecule has 2 saturated heterocycles. The van der Waals surface area contributed by atoms with Crippen molar-refractivity contribution in [2.45, 2.75) is 31.3 Å². The van der Waals surface area contributed by atoms with Crippen molar-refractivity contribution in [2.75, 3.05) is 26.3 Å². The lowest BCUT2D eigenvalue weighted by Gasteiger charge is -2.29. The number of fused-ring (bicyclic) bond motifs is 2. The van der Waals surface area contributed by atoms with Crippen LogP contribution in [0.25, 0.3) is 10.9 Å². The molecule has 27 heavy (non-hydrogen) atoms. The zero-order chi connectivity index (χ0) is 18.6. The Bertz CT molecular complexity index is 862. The fraction of sp³-hybridized carbons (Fsp3) is 0.600. The highest BCUT2D eigenvalue weighted by Crippen LogP contribution is 2.50. The van der Waals surface area contributed by atoms with Crippen molar-refractivity contribution in [2.24, 2.45) is 17.8 Å². The molecular formula is C20H24ClN3O3. The molecule has 5 rings (SSSR count). The number of carbonyl (C=O) groups is 1. The van der Waals surface area contributed by atoms with Gasteiger partial charge >= 0.3 is 0 Å². The van der Waals surface area contributed by atoms with Crippen LogP contribution in [0.3, 0.4) is 0 Å². The number of aliphatic hydroxyl groups is 1. The lowest BCUT2D eigenvalue weighted by molar-refractivity contribution is -0.138. The average molecular weight is 390 g/mol. The van der Waals surface area contributed by atoms with Crippen molar-refractivity contribution < 1.29 is 14.6 Å². The Balaban J connectivity index is 1.34. The number of benzene rings is 1. The summed E-state index contributed by atoms with van der Waals surface area (Å²) in [6, 6.07) is 3.71. The van der Waals surface area contributed by atoms with Gasteiger partial charge in [0.15, 0.2) is 0 Å². The summed E-state index contributed by atoms with van der Waals surface area (Å²) in [6.45, 7) is 2.86. The standard InChI is InChI=1S/C20H24ClN3O3/c21-16-5-13-9-22-23-18(13)17(6-16)20(26)7-14-10-24(11-15(14)8-20)19(25)12-1-3-27-4-2-12/h5-6,9,12,14-15,26H,1-4,7-8,10-11H2,(H,22,23)/t14-,15+,20-. The Morgan fingerprint density at radius 1 is 1.26 bits per heavy atom. The maximum Gasteiger partial charge on any atom is 0.225 e. The van der Waals surface area contributed by atoms with Crippen LogP contribution in [0, 0.1) is 17.8 Å². The van der Waals surface area contributed by atoms with E-state index in [0.29, 0.717) is 42.9 Å². The van der Waals surface area contributed by atoms with E-state index in [1.165, 1.54) is 0 Å². The molecule has 3 aliphatic rings. The van der Waals surface area contributed by atoms with Crippen molar-refractivity contribution in [1.82, 2.24) is 15.1 Å². The molecule has 144 valence electrons. The first kappa shape index (κ1) is 17.5. The van der Waals surface area contributed by atoms with Gasteiger partial charge in [0.05, 0.1) is 17.3 Å². The molecular weight excluding hydrogens is 366 g/mol. The number of halogens is 1. The number of aromatic amines is 1. The van der Waals surface area contributed by atoms with Crippen LogP contribution < -0.4 is 0 Å². The van der Waals surface area contributed by atoms with E-state index in [1.54, 1.807) is 6.20 Å². The van der Waals surface area contributed by atoms with Crippen molar-refractivity contribution in [3.8, 4) is 0 Å². The van der Waals surface area contributed by atoms with Crippen LogP contribution >= 0.6 is 11.6 Å². The number of rotatable bonds is 2. The Kier molecular flexibility index (Phi) is 4.18. The Morgan fingerprint density at radius 2 is 1.96 bits per heavy atom. The van der Waals surface area contributed by atoms with E-state index < -0.39 is 5.60 Å². The molecule has 7 heteroatoms. The smallest absolute Gasteiger partial charge is 0.225 e. The van der Waals surface area contributed by atoms with Crippen LogP contribution in [0.2, 0.25) is 5.02 Å². The quantitative estimate of drug-likeness (QED) is 0.827. The van der Waals surface area contributed by atoms with E-state index in [-0.39, 0.29) is 11.8 Å². The molecule has 2 N–H and O–H groups in total. The number of amides is 1. The van der Waals surface area contributed by atoms with Gasteiger partial charge in [0, 0.05) is 48.2 Å². The van der Waals surface area contributed by atoms with Gasteiger partial charge < -0.3 is 14.7 Å². The Labute approximate surface area is 162 Å². The molecule has 3 atom stereocenters. The van der Waals surface area contributed by atoms with Crippen LogP contribution in [0.1, 0.15) is 31.2 Å². The van der Waals surface area contributed by atoms with E-state index in [1.807, 2.05) is 17.0 Å². The lowest BCUT2D eigenvalue weighted by atomic mass is 9.89. The van der Waals surface area contributed by atoms with Gasteiger partial charge in [-0.2, -0.15) is 5.10 Å². The van der Waals surface area contributed by atoms with Crippen molar-refractivity contribution in [1.29, 1.82) is 0 Å². The van der Waals surface area contributed by atoms with Crippen molar-refractivity contribution in [3.63, 3.8) is 0 Å². The Hall–Kier alpha value is -1.63. The molecule has 1 aliphatic carbocycles. The molecule has 2 aromatic rings. The molecule has 0 spiro atoms. The first-order valence-electron chi connectivity index (χ1n) is 9.75. The third kappa shape index (κ3) is 2.94. The normalized spacial score (nSPS) is 31.6. The highest BCUT2D eigenvalue weighted by molar-refractivity contribution is 6.31. The molecule has 3 fully saturated rings. The fourth-order valence-electron chi connectivity index (χ4n) is 5.34. The zero-order valence-corrected chi connectivity index (χ0v) is 15.9. The predicted octanol–water partition coefficient (Wildman–Crippen LogP) is 2.70. The maximum absolute atomic E-state index is 12.8. The van der Waals surface area contributed by atoms with E-state index in [0.717, 1.165) is 42.4 Å². The van der Waals surface area contributed by atoms with Crippen molar-refractivity contribution in [3.05, 3.63) is 28.9 Å². The first-order chi connectivity index (χ1) is 13.0. The number of carbonyl (C=O) groups excluding carboxylic acids is 1. The van der Waals surface area contributed by atoms with Crippen LogP contribution in [-0.2, 0) is 15.1 Å². The molecule has 0 bridgehead atoms. The molecule has 3 heterocycles. The van der Waals surface area contributed by atoms with Crippen molar-refractivity contribution >= 4 is 28.4 Å². The number of nitrogens with one attached hydrogen (secondary N) is 1. The molecule has 6 nitrogen and oxygen atoms in total. The van der Waals surface area contributed by atoms with E-state index >= 15 is 0 Å². The van der Waals surface area contributed by atoms with Gasteiger partial charge in [-0.1, -0.05) is 11.6 Å². The van der Waals surface area contributed by atoms with Gasteiger partial charge in [-0.25, -0.2) is 0 Å². The maximum atomic E-state index is 12.8. The Morgan fingerprint density at radius 3 is 2.67 bits per heavy atom. The van der Waals surface area contributed by atoms with Gasteiger partial charge in [0.2, 0.25) is 5.91 Å². The minimum atomic E-state index is -0.918. The van der Waals surface area contributed by atoms with Gasteiger partial charge in [-0.15, -0.1) is 0 Å². The molecule has 1 amide bonds. The number of ether oxygens (including phenoxy) is 1. The van der Waals surface area contributed by atoms with E-state index in [2.05, 4.69) is 10.2 Å². The van der Waals surface area contributed by atoms with Crippen LogP contribution in [0.5, 0.6) is 0 Å². The fourth-order valence-corrected chi connectivity index (χ4v) is 5.57. The second kappa shape index (κ2) is 6.47. The SMILES string of the molecule is O=C(C1CCOCC1)N1C[C@@H]2C[C@@](O)(c3cc(Cl)cc4cn[nH]c34)C[C@@H]2C1. The summed E-state index contributed by atoms with van der Waals surface area (Å²) in [5.41, 5.74) is 0.773.